The van der Waals surface area contributed by atoms with Crippen LogP contribution in [0.15, 0.2) is 65.1 Å². The second kappa shape index (κ2) is 14.8. The molecule has 24 heavy (non-hydrogen) atoms. The monoisotopic (exact) mass is 348 g/mol. The van der Waals surface area contributed by atoms with Crippen LogP contribution in [0.25, 0.3) is 0 Å². The number of aliphatic imine (C=N–C) groups is 1. The summed E-state index contributed by atoms with van der Waals surface area (Å²) in [5.74, 6) is -0.157. The minimum Gasteiger partial charge on any atom is -0.301 e. The van der Waals surface area contributed by atoms with Crippen LogP contribution in [0.1, 0.15) is 48.0 Å². The predicted molar refractivity (Wildman–Crippen MR) is 111 cm³/mol. The van der Waals surface area contributed by atoms with Crippen LogP contribution in [0.4, 0.5) is 0 Å². The van der Waals surface area contributed by atoms with E-state index in [-0.39, 0.29) is 11.9 Å². The van der Waals surface area contributed by atoms with Crippen LogP contribution in [0.2, 0.25) is 0 Å². The van der Waals surface area contributed by atoms with Gasteiger partial charge in [-0.1, -0.05) is 69.5 Å². The number of carbonyl (C=O) groups excluding carboxylic acids is 1. The molecule has 0 saturated heterocycles. The van der Waals surface area contributed by atoms with Crippen molar-refractivity contribution in [3.05, 3.63) is 60.1 Å². The topological polar surface area (TPSA) is 41.5 Å². The third-order valence-corrected chi connectivity index (χ3v) is 3.76. The van der Waals surface area contributed by atoms with Crippen molar-refractivity contribution < 1.29 is 4.79 Å². The maximum atomic E-state index is 12.1. The Morgan fingerprint density at radius 1 is 1.33 bits per heavy atom. The quantitative estimate of drug-likeness (QED) is 0.396. The largest absolute Gasteiger partial charge is 0.301 e. The van der Waals surface area contributed by atoms with Crippen molar-refractivity contribution in [3.8, 4) is 0 Å². The van der Waals surface area contributed by atoms with Gasteiger partial charge in [0.1, 0.15) is 0 Å². The van der Waals surface area contributed by atoms with Crippen molar-refractivity contribution in [3.63, 3.8) is 0 Å². The van der Waals surface area contributed by atoms with E-state index in [1.165, 1.54) is 11.8 Å². The molecule has 0 fully saturated rings. The van der Waals surface area contributed by atoms with Gasteiger partial charge in [0.2, 0.25) is 0 Å². The molecule has 4 heteroatoms. The van der Waals surface area contributed by atoms with Crippen LogP contribution < -0.4 is 5.32 Å². The molecule has 0 aromatic rings. The summed E-state index contributed by atoms with van der Waals surface area (Å²) < 4.78 is 0. The van der Waals surface area contributed by atoms with E-state index in [4.69, 9.17) is 0 Å². The molecule has 0 bridgehead atoms. The molecule has 0 aromatic heterocycles. The molecule has 3 nitrogen and oxygen atoms in total. The van der Waals surface area contributed by atoms with Gasteiger partial charge in [0, 0.05) is 10.5 Å². The average molecular weight is 349 g/mol. The standard InChI is InChI=1S/C15H20N2OS.C3H6.C2H6/c1-6-10(3)8-9-13(7-2)14(18)17-15-16-11(4)12(5)19-15;1-3-2;1-2/h7-9,11H,3,5-6H2,1-2,4H3,(H,16,17,18);3H,1H2,2H3;1-2H3/b9-8-,13-7+;;. The second-order valence-corrected chi connectivity index (χ2v) is 5.75. The van der Waals surface area contributed by atoms with E-state index >= 15 is 0 Å². The van der Waals surface area contributed by atoms with Gasteiger partial charge in [0.15, 0.2) is 5.17 Å². The van der Waals surface area contributed by atoms with E-state index in [0.717, 1.165) is 16.9 Å². The van der Waals surface area contributed by atoms with Crippen LogP contribution in [-0.4, -0.2) is 17.1 Å². The van der Waals surface area contributed by atoms with Crippen molar-refractivity contribution in [2.45, 2.75) is 54.0 Å². The van der Waals surface area contributed by atoms with Crippen LogP contribution in [-0.2, 0) is 4.79 Å². The molecule has 134 valence electrons. The molecule has 1 rings (SSSR count). The highest BCUT2D eigenvalue weighted by atomic mass is 32.2. The molecule has 0 aliphatic carbocycles. The number of hydrogen-bond acceptors (Lipinski definition) is 3. The molecule has 0 aromatic carbocycles. The van der Waals surface area contributed by atoms with Gasteiger partial charge in [-0.25, -0.2) is 0 Å². The minimum atomic E-state index is -0.157. The number of carbonyl (C=O) groups is 1. The van der Waals surface area contributed by atoms with E-state index in [9.17, 15) is 4.79 Å². The lowest BCUT2D eigenvalue weighted by atomic mass is 10.1. The molecule has 1 aliphatic rings. The van der Waals surface area contributed by atoms with E-state index in [0.29, 0.717) is 10.7 Å². The maximum Gasteiger partial charge on any atom is 0.256 e. The smallest absolute Gasteiger partial charge is 0.256 e. The third kappa shape index (κ3) is 10.1. The zero-order valence-electron chi connectivity index (χ0n) is 16.0. The van der Waals surface area contributed by atoms with Gasteiger partial charge in [-0.3, -0.25) is 9.79 Å². The third-order valence-electron chi connectivity index (χ3n) is 2.75. The summed E-state index contributed by atoms with van der Waals surface area (Å²) >= 11 is 1.41. The Bertz CT molecular complexity index is 528. The number of amidine groups is 1. The van der Waals surface area contributed by atoms with Gasteiger partial charge in [0.05, 0.1) is 6.04 Å². The van der Waals surface area contributed by atoms with E-state index in [1.807, 2.05) is 47.6 Å². The van der Waals surface area contributed by atoms with Crippen molar-refractivity contribution in [1.29, 1.82) is 0 Å². The summed E-state index contributed by atoms with van der Waals surface area (Å²) in [6.07, 6.45) is 8.03. The molecular weight excluding hydrogens is 316 g/mol. The average Bonchev–Trinajstić information content (AvgIpc) is 2.88. The lowest BCUT2D eigenvalue weighted by Crippen LogP contribution is -2.28. The van der Waals surface area contributed by atoms with Crippen molar-refractivity contribution >= 4 is 22.8 Å². The molecule has 1 aliphatic heterocycles. The fourth-order valence-corrected chi connectivity index (χ4v) is 2.17. The molecule has 1 amide bonds. The second-order valence-electron chi connectivity index (χ2n) is 4.63. The predicted octanol–water partition coefficient (Wildman–Crippen LogP) is 5.79. The van der Waals surface area contributed by atoms with E-state index in [1.54, 1.807) is 18.2 Å². The lowest BCUT2D eigenvalue weighted by Gasteiger charge is -2.04. The summed E-state index contributed by atoms with van der Waals surface area (Å²) in [6.45, 7) is 22.8. The normalized spacial score (nSPS) is 16.4. The van der Waals surface area contributed by atoms with Crippen LogP contribution in [0.5, 0.6) is 0 Å². The van der Waals surface area contributed by atoms with Gasteiger partial charge >= 0.3 is 0 Å². The first-order chi connectivity index (χ1) is 11.4. The molecular formula is C20H32N2OS. The van der Waals surface area contributed by atoms with Crippen molar-refractivity contribution in [2.24, 2.45) is 4.99 Å². The number of amides is 1. The Hall–Kier alpha value is -1.81. The highest BCUT2D eigenvalue weighted by Crippen LogP contribution is 2.27. The highest BCUT2D eigenvalue weighted by molar-refractivity contribution is 8.17. The van der Waals surface area contributed by atoms with Gasteiger partial charge < -0.3 is 5.32 Å². The first-order valence-electron chi connectivity index (χ1n) is 8.24. The fraction of sp³-hybridized carbons (Fsp3) is 0.400. The van der Waals surface area contributed by atoms with Gasteiger partial charge in [-0.2, -0.15) is 0 Å². The number of thioether (sulfide) groups is 1. The van der Waals surface area contributed by atoms with E-state index in [2.05, 4.69) is 30.0 Å². The summed E-state index contributed by atoms with van der Waals surface area (Å²) in [5.41, 5.74) is 1.59. The number of rotatable bonds is 4. The number of allylic oxidation sites excluding steroid dienone is 4. The molecule has 1 atom stereocenters. The fourth-order valence-electron chi connectivity index (χ4n) is 1.34. The maximum absolute atomic E-state index is 12.1. The van der Waals surface area contributed by atoms with Crippen molar-refractivity contribution in [1.82, 2.24) is 5.32 Å². The van der Waals surface area contributed by atoms with Gasteiger partial charge in [-0.05, 0) is 33.3 Å². The SMILES string of the molecule is C=C(/C=C\C(=C/C)C(=O)NC1=NC(C)C(=C)S1)CC.C=CC.CC. The minimum absolute atomic E-state index is 0.0600. The Labute approximate surface area is 152 Å². The zero-order chi connectivity index (χ0) is 19.1. The Balaban J connectivity index is 0. The Morgan fingerprint density at radius 2 is 1.88 bits per heavy atom. The zero-order valence-corrected chi connectivity index (χ0v) is 16.8. The molecule has 1 heterocycles. The summed E-state index contributed by atoms with van der Waals surface area (Å²) in [7, 11) is 0. The molecule has 0 radical (unpaired) electrons. The summed E-state index contributed by atoms with van der Waals surface area (Å²) in [4.78, 5) is 17.3. The van der Waals surface area contributed by atoms with Crippen molar-refractivity contribution in [2.75, 3.05) is 0 Å². The highest BCUT2D eigenvalue weighted by Gasteiger charge is 2.20. The number of nitrogens with zero attached hydrogens (tertiary/aromatic N) is 1. The Morgan fingerprint density at radius 3 is 2.25 bits per heavy atom. The summed E-state index contributed by atoms with van der Waals surface area (Å²) in [6, 6.07) is 0.0600. The lowest BCUT2D eigenvalue weighted by molar-refractivity contribution is -0.115. The Kier molecular flexibility index (Phi) is 15.0. The molecule has 0 spiro atoms. The van der Waals surface area contributed by atoms with Crippen LogP contribution in [0, 0.1) is 0 Å². The van der Waals surface area contributed by atoms with E-state index < -0.39 is 0 Å². The van der Waals surface area contributed by atoms with Gasteiger partial charge in [0.25, 0.3) is 5.91 Å². The number of nitrogens with one attached hydrogen (secondary N) is 1. The summed E-state index contributed by atoms with van der Waals surface area (Å²) in [5, 5.41) is 3.41. The molecule has 1 unspecified atom stereocenters. The first kappa shape index (κ1) is 24.4. The first-order valence-corrected chi connectivity index (χ1v) is 9.06. The number of hydrogen-bond donors (Lipinski definition) is 1. The molecule has 0 saturated carbocycles. The van der Waals surface area contributed by atoms with Crippen LogP contribution in [0.3, 0.4) is 0 Å². The van der Waals surface area contributed by atoms with Crippen LogP contribution >= 0.6 is 11.8 Å². The molecule has 1 N–H and O–H groups in total. The van der Waals surface area contributed by atoms with Gasteiger partial charge in [-0.15, -0.1) is 6.58 Å².